The van der Waals surface area contributed by atoms with Gasteiger partial charge in [0.2, 0.25) is 0 Å². The highest BCUT2D eigenvalue weighted by molar-refractivity contribution is 7.97. The maximum Gasteiger partial charge on any atom is 0.417 e. The summed E-state index contributed by atoms with van der Waals surface area (Å²) in [6.45, 7) is 3.73. The molecule has 4 aromatic rings. The van der Waals surface area contributed by atoms with Crippen LogP contribution in [0.4, 0.5) is 19.0 Å². The summed E-state index contributed by atoms with van der Waals surface area (Å²) in [6.07, 6.45) is -1.68. The first-order chi connectivity index (χ1) is 16.3. The van der Waals surface area contributed by atoms with Gasteiger partial charge >= 0.3 is 6.18 Å². The van der Waals surface area contributed by atoms with E-state index in [-0.39, 0.29) is 6.04 Å². The quantitative estimate of drug-likeness (QED) is 0.316. The molecule has 2 aromatic carbocycles. The predicted octanol–water partition coefficient (Wildman–Crippen LogP) is 6.54. The van der Waals surface area contributed by atoms with Gasteiger partial charge < -0.3 is 10.3 Å². The summed E-state index contributed by atoms with van der Waals surface area (Å²) < 4.78 is 40.4. The second-order valence-electron chi connectivity index (χ2n) is 8.45. The zero-order valence-corrected chi connectivity index (χ0v) is 19.4. The maximum absolute atomic E-state index is 12.7. The highest BCUT2D eigenvalue weighted by atomic mass is 32.2. The van der Waals surface area contributed by atoms with E-state index in [2.05, 4.69) is 61.0 Å². The second kappa shape index (κ2) is 9.31. The number of imidazole rings is 1. The first-order valence-electron chi connectivity index (χ1n) is 11.1. The molecule has 2 aromatic heterocycles. The number of pyridine rings is 1. The zero-order valence-electron chi connectivity index (χ0n) is 18.6. The smallest absolute Gasteiger partial charge is 0.367 e. The van der Waals surface area contributed by atoms with Gasteiger partial charge in [0.25, 0.3) is 0 Å². The normalized spacial score (nSPS) is 15.6. The molecule has 1 fully saturated rings. The average Bonchev–Trinajstić information content (AvgIpc) is 3.20. The number of piperidine rings is 1. The van der Waals surface area contributed by atoms with Gasteiger partial charge in [-0.25, -0.2) is 14.3 Å². The molecule has 5 rings (SSSR count). The molecule has 0 radical (unpaired) electrons. The molecular weight excluding hydrogens is 459 g/mol. The van der Waals surface area contributed by atoms with E-state index in [1.54, 1.807) is 11.9 Å². The monoisotopic (exact) mass is 483 g/mol. The predicted molar refractivity (Wildman–Crippen MR) is 130 cm³/mol. The summed E-state index contributed by atoms with van der Waals surface area (Å²) in [5.74, 6) is 1.40. The topological polar surface area (TPSA) is 56.8 Å². The third kappa shape index (κ3) is 5.20. The maximum atomic E-state index is 12.7. The van der Waals surface area contributed by atoms with Crippen molar-refractivity contribution in [1.82, 2.24) is 19.3 Å². The molecule has 1 aliphatic heterocycles. The van der Waals surface area contributed by atoms with Crippen LogP contribution in [-0.4, -0.2) is 38.4 Å². The van der Waals surface area contributed by atoms with Crippen LogP contribution in [0.25, 0.3) is 22.2 Å². The molecule has 3 heterocycles. The fourth-order valence-corrected chi connectivity index (χ4v) is 5.07. The van der Waals surface area contributed by atoms with Crippen LogP contribution < -0.4 is 5.32 Å². The van der Waals surface area contributed by atoms with Crippen molar-refractivity contribution in [3.8, 4) is 11.1 Å². The molecule has 34 heavy (non-hydrogen) atoms. The second-order valence-corrected chi connectivity index (χ2v) is 9.62. The minimum absolute atomic E-state index is 0.199. The number of aromatic nitrogens is 3. The van der Waals surface area contributed by atoms with Crippen molar-refractivity contribution in [3.63, 3.8) is 0 Å². The van der Waals surface area contributed by atoms with Gasteiger partial charge in [-0.15, -0.1) is 0 Å². The Morgan fingerprint density at radius 1 is 1.00 bits per heavy atom. The summed E-state index contributed by atoms with van der Waals surface area (Å²) >= 11 is 1.74. The molecule has 0 bridgehead atoms. The van der Waals surface area contributed by atoms with Crippen molar-refractivity contribution in [2.45, 2.75) is 36.9 Å². The number of nitrogens with one attached hydrogen (secondary N) is 2. The minimum Gasteiger partial charge on any atom is -0.367 e. The van der Waals surface area contributed by atoms with Crippen LogP contribution in [0, 0.1) is 6.92 Å². The number of H-pyrrole nitrogens is 1. The van der Waals surface area contributed by atoms with Crippen molar-refractivity contribution < 1.29 is 13.2 Å². The number of fused-ring (bicyclic) bond motifs is 1. The molecule has 5 nitrogen and oxygen atoms in total. The van der Waals surface area contributed by atoms with E-state index in [4.69, 9.17) is 0 Å². The molecule has 9 heteroatoms. The SMILES string of the molecule is Cc1nc2ccc(-c3ccc(SN4CCC(Nc5ccc(C(F)(F)F)cn5)CC4)cc3)cc2[nH]1. The molecule has 2 N–H and O–H groups in total. The van der Waals surface area contributed by atoms with Gasteiger partial charge in [-0.2, -0.15) is 13.2 Å². The minimum atomic E-state index is -4.36. The van der Waals surface area contributed by atoms with Gasteiger partial charge in [0.1, 0.15) is 11.6 Å². The van der Waals surface area contributed by atoms with Crippen molar-refractivity contribution in [2.24, 2.45) is 0 Å². The van der Waals surface area contributed by atoms with Gasteiger partial charge in [0.15, 0.2) is 0 Å². The first-order valence-corrected chi connectivity index (χ1v) is 11.9. The van der Waals surface area contributed by atoms with E-state index >= 15 is 0 Å². The van der Waals surface area contributed by atoms with Crippen LogP contribution in [0.3, 0.4) is 0 Å². The van der Waals surface area contributed by atoms with Crippen molar-refractivity contribution in [1.29, 1.82) is 0 Å². The number of hydrogen-bond acceptors (Lipinski definition) is 5. The average molecular weight is 484 g/mol. The largest absolute Gasteiger partial charge is 0.417 e. The number of anilines is 1. The van der Waals surface area contributed by atoms with Gasteiger partial charge in [0, 0.05) is 30.2 Å². The lowest BCUT2D eigenvalue weighted by Crippen LogP contribution is -2.35. The molecule has 1 aliphatic rings. The van der Waals surface area contributed by atoms with Gasteiger partial charge in [-0.05, 0) is 79.2 Å². The Morgan fingerprint density at radius 3 is 2.41 bits per heavy atom. The van der Waals surface area contributed by atoms with E-state index in [0.717, 1.165) is 66.2 Å². The third-order valence-corrected chi connectivity index (χ3v) is 7.03. The van der Waals surface area contributed by atoms with Crippen molar-refractivity contribution in [2.75, 3.05) is 18.4 Å². The van der Waals surface area contributed by atoms with Gasteiger partial charge in [-0.1, -0.05) is 18.2 Å². The molecule has 1 saturated heterocycles. The number of alkyl halides is 3. The molecule has 0 spiro atoms. The summed E-state index contributed by atoms with van der Waals surface area (Å²) in [4.78, 5) is 12.8. The Hall–Kier alpha value is -3.04. The van der Waals surface area contributed by atoms with Crippen LogP contribution in [-0.2, 0) is 6.18 Å². The molecular formula is C25H24F3N5S. The highest BCUT2D eigenvalue weighted by Crippen LogP contribution is 2.31. The van der Waals surface area contributed by atoms with E-state index in [0.29, 0.717) is 5.82 Å². The number of aromatic amines is 1. The van der Waals surface area contributed by atoms with Crippen LogP contribution in [0.2, 0.25) is 0 Å². The number of hydrogen-bond donors (Lipinski definition) is 2. The summed E-state index contributed by atoms with van der Waals surface area (Å²) in [7, 11) is 0. The van der Waals surface area contributed by atoms with Crippen LogP contribution in [0.5, 0.6) is 0 Å². The Balaban J connectivity index is 1.14. The number of nitrogens with zero attached hydrogens (tertiary/aromatic N) is 3. The lowest BCUT2D eigenvalue weighted by Gasteiger charge is -2.31. The Bertz CT molecular complexity index is 1260. The fraction of sp³-hybridized carbons (Fsp3) is 0.280. The van der Waals surface area contributed by atoms with E-state index in [1.165, 1.54) is 11.0 Å². The molecule has 0 saturated carbocycles. The molecule has 0 aliphatic carbocycles. The first kappa shape index (κ1) is 22.7. The zero-order chi connectivity index (χ0) is 23.7. The Labute approximate surface area is 199 Å². The Kier molecular flexibility index (Phi) is 6.22. The van der Waals surface area contributed by atoms with Crippen LogP contribution in [0.15, 0.2) is 65.7 Å². The van der Waals surface area contributed by atoms with E-state index in [9.17, 15) is 13.2 Å². The number of halogens is 3. The van der Waals surface area contributed by atoms with Crippen LogP contribution in [0.1, 0.15) is 24.2 Å². The van der Waals surface area contributed by atoms with Gasteiger partial charge in [-0.3, -0.25) is 0 Å². The van der Waals surface area contributed by atoms with E-state index in [1.807, 2.05) is 13.0 Å². The summed E-state index contributed by atoms with van der Waals surface area (Å²) in [6, 6.07) is 17.5. The summed E-state index contributed by atoms with van der Waals surface area (Å²) in [5, 5.41) is 3.26. The summed E-state index contributed by atoms with van der Waals surface area (Å²) in [5.41, 5.74) is 3.59. The Morgan fingerprint density at radius 2 is 1.74 bits per heavy atom. The van der Waals surface area contributed by atoms with Crippen molar-refractivity contribution >= 4 is 28.8 Å². The molecule has 0 amide bonds. The number of benzene rings is 2. The molecule has 0 unspecified atom stereocenters. The van der Waals surface area contributed by atoms with E-state index < -0.39 is 11.7 Å². The number of rotatable bonds is 5. The fourth-order valence-electron chi connectivity index (χ4n) is 4.12. The standard InChI is InChI=1S/C25H24F3N5S/c1-16-30-22-8-4-18(14-23(22)31-16)17-2-6-21(7-3-17)34-33-12-10-20(11-13-33)32-24-9-5-19(15-29-24)25(26,27)28/h2-9,14-15,20H,10-13H2,1H3,(H,29,32)(H,30,31). The van der Waals surface area contributed by atoms with Crippen molar-refractivity contribution in [3.05, 3.63) is 72.2 Å². The van der Waals surface area contributed by atoms with Gasteiger partial charge in [0.05, 0.1) is 16.6 Å². The van der Waals surface area contributed by atoms with Crippen LogP contribution >= 0.6 is 11.9 Å². The third-order valence-electron chi connectivity index (χ3n) is 5.92. The number of aryl methyl sites for hydroxylation is 1. The molecule has 176 valence electrons. The lowest BCUT2D eigenvalue weighted by atomic mass is 10.1. The lowest BCUT2D eigenvalue weighted by molar-refractivity contribution is -0.137. The molecule has 0 atom stereocenters. The highest BCUT2D eigenvalue weighted by Gasteiger charge is 2.30.